The number of halogens is 1. The largest absolute Gasteiger partial charge is 0.356 e. The Morgan fingerprint density at radius 1 is 1.11 bits per heavy atom. The molecule has 1 saturated carbocycles. The van der Waals surface area contributed by atoms with Crippen molar-refractivity contribution in [1.29, 1.82) is 0 Å². The number of hydrogen-bond donors (Lipinski definition) is 2. The highest BCUT2D eigenvalue weighted by Gasteiger charge is 2.12. The van der Waals surface area contributed by atoms with E-state index in [0.717, 1.165) is 49.3 Å². The first-order valence-electron chi connectivity index (χ1n) is 10.1. The topological polar surface area (TPSA) is 66.6 Å². The zero-order chi connectivity index (χ0) is 18.0. The summed E-state index contributed by atoms with van der Waals surface area (Å²) in [4.78, 5) is 4.32. The number of rotatable bonds is 8. The molecule has 0 atom stereocenters. The Morgan fingerprint density at radius 2 is 1.89 bits per heavy atom. The molecule has 0 aromatic carbocycles. The first-order valence-corrected chi connectivity index (χ1v) is 10.1. The third kappa shape index (κ3) is 6.93. The fraction of sp³-hybridized carbons (Fsp3) is 0.650. The van der Waals surface area contributed by atoms with Crippen molar-refractivity contribution in [3.8, 4) is 0 Å². The van der Waals surface area contributed by atoms with Crippen LogP contribution < -0.4 is 10.6 Å². The molecule has 0 amide bonds. The molecule has 1 fully saturated rings. The van der Waals surface area contributed by atoms with Crippen LogP contribution in [0.4, 0.5) is 0 Å². The van der Waals surface area contributed by atoms with Gasteiger partial charge in [-0.15, -0.1) is 34.2 Å². The Kier molecular flexibility index (Phi) is 9.86. The fourth-order valence-electron chi connectivity index (χ4n) is 3.81. The van der Waals surface area contributed by atoms with Gasteiger partial charge in [0.15, 0.2) is 11.6 Å². The highest BCUT2D eigenvalue weighted by atomic mass is 127. The number of guanidine groups is 1. The molecule has 6 nitrogen and oxygen atoms in total. The average molecular weight is 484 g/mol. The Bertz CT molecular complexity index is 693. The lowest BCUT2D eigenvalue weighted by Gasteiger charge is -2.21. The standard InChI is InChI=1S/C20H32N6.HI/c1-21-20(22-14-7-11-17-9-3-2-4-10-17)23-15-8-13-19-25-24-18-12-5-6-16-26(18)19;/h5-6,12,16-17H,2-4,7-11,13-15H2,1H3,(H2,21,22,23);1H. The number of hydrogen-bond acceptors (Lipinski definition) is 3. The zero-order valence-corrected chi connectivity index (χ0v) is 18.7. The second kappa shape index (κ2) is 12.2. The van der Waals surface area contributed by atoms with Gasteiger partial charge < -0.3 is 10.6 Å². The Labute approximate surface area is 179 Å². The molecule has 150 valence electrons. The number of nitrogens with one attached hydrogen (secondary N) is 2. The van der Waals surface area contributed by atoms with Gasteiger partial charge in [0.1, 0.15) is 5.82 Å². The smallest absolute Gasteiger partial charge is 0.190 e. The molecular weight excluding hydrogens is 451 g/mol. The van der Waals surface area contributed by atoms with Crippen molar-refractivity contribution in [2.24, 2.45) is 10.9 Å². The third-order valence-electron chi connectivity index (χ3n) is 5.28. The van der Waals surface area contributed by atoms with E-state index in [0.29, 0.717) is 0 Å². The van der Waals surface area contributed by atoms with Gasteiger partial charge in [-0.2, -0.15) is 0 Å². The molecule has 7 heteroatoms. The highest BCUT2D eigenvalue weighted by molar-refractivity contribution is 14.0. The summed E-state index contributed by atoms with van der Waals surface area (Å²) in [6.45, 7) is 1.88. The molecular formula is C20H33IN6. The minimum atomic E-state index is 0. The van der Waals surface area contributed by atoms with Crippen molar-refractivity contribution in [3.63, 3.8) is 0 Å². The van der Waals surface area contributed by atoms with Crippen LogP contribution in [0.15, 0.2) is 29.4 Å². The van der Waals surface area contributed by atoms with Gasteiger partial charge in [-0.25, -0.2) is 0 Å². The first-order chi connectivity index (χ1) is 12.9. The first kappa shape index (κ1) is 21.9. The van der Waals surface area contributed by atoms with Crippen molar-refractivity contribution in [3.05, 3.63) is 30.2 Å². The molecule has 0 unspecified atom stereocenters. The van der Waals surface area contributed by atoms with Crippen molar-refractivity contribution < 1.29 is 0 Å². The molecule has 27 heavy (non-hydrogen) atoms. The predicted octanol–water partition coefficient (Wildman–Crippen LogP) is 3.81. The molecule has 2 heterocycles. The van der Waals surface area contributed by atoms with Crippen LogP contribution in [0.25, 0.3) is 5.65 Å². The van der Waals surface area contributed by atoms with Crippen molar-refractivity contribution >= 4 is 35.6 Å². The highest BCUT2D eigenvalue weighted by Crippen LogP contribution is 2.26. The molecule has 0 bridgehead atoms. The maximum atomic E-state index is 4.32. The van der Waals surface area contributed by atoms with Gasteiger partial charge in [-0.05, 0) is 37.3 Å². The van der Waals surface area contributed by atoms with Crippen LogP contribution in [0.2, 0.25) is 0 Å². The summed E-state index contributed by atoms with van der Waals surface area (Å²) < 4.78 is 2.05. The minimum absolute atomic E-state index is 0. The van der Waals surface area contributed by atoms with Crippen LogP contribution in [0.3, 0.4) is 0 Å². The Morgan fingerprint density at radius 3 is 2.67 bits per heavy atom. The molecule has 2 N–H and O–H groups in total. The van der Waals surface area contributed by atoms with E-state index in [1.54, 1.807) is 0 Å². The van der Waals surface area contributed by atoms with Gasteiger partial charge in [0.25, 0.3) is 0 Å². The van der Waals surface area contributed by atoms with E-state index in [1.165, 1.54) is 44.9 Å². The summed E-state index contributed by atoms with van der Waals surface area (Å²) in [6.07, 6.45) is 13.7. The van der Waals surface area contributed by atoms with Crippen LogP contribution in [-0.2, 0) is 6.42 Å². The molecule has 1 aliphatic carbocycles. The third-order valence-corrected chi connectivity index (χ3v) is 5.28. The summed E-state index contributed by atoms with van der Waals surface area (Å²) in [5, 5.41) is 15.3. The van der Waals surface area contributed by atoms with Gasteiger partial charge in [0.05, 0.1) is 0 Å². The Hall–Kier alpha value is -1.38. The summed E-state index contributed by atoms with van der Waals surface area (Å²) >= 11 is 0. The number of pyridine rings is 1. The molecule has 2 aromatic heterocycles. The molecule has 0 spiro atoms. The number of aliphatic imine (C=N–C) groups is 1. The predicted molar refractivity (Wildman–Crippen MR) is 122 cm³/mol. The Balaban J connectivity index is 0.00000261. The maximum Gasteiger partial charge on any atom is 0.190 e. The second-order valence-electron chi connectivity index (χ2n) is 7.22. The average Bonchev–Trinajstić information content (AvgIpc) is 3.11. The quantitative estimate of drug-likeness (QED) is 0.259. The molecule has 0 radical (unpaired) electrons. The van der Waals surface area contributed by atoms with E-state index in [4.69, 9.17) is 0 Å². The summed E-state index contributed by atoms with van der Waals surface area (Å²) in [5.74, 6) is 2.87. The number of aryl methyl sites for hydroxylation is 1. The van der Waals surface area contributed by atoms with E-state index in [9.17, 15) is 0 Å². The lowest BCUT2D eigenvalue weighted by atomic mass is 9.86. The lowest BCUT2D eigenvalue weighted by molar-refractivity contribution is 0.332. The van der Waals surface area contributed by atoms with Gasteiger partial charge in [-0.3, -0.25) is 9.39 Å². The van der Waals surface area contributed by atoms with Crippen LogP contribution in [-0.4, -0.2) is 40.7 Å². The van der Waals surface area contributed by atoms with Gasteiger partial charge >= 0.3 is 0 Å². The summed E-state index contributed by atoms with van der Waals surface area (Å²) in [6, 6.07) is 5.98. The number of fused-ring (bicyclic) bond motifs is 1. The number of nitrogens with zero attached hydrogens (tertiary/aromatic N) is 4. The van der Waals surface area contributed by atoms with Crippen LogP contribution in [0, 0.1) is 5.92 Å². The maximum absolute atomic E-state index is 4.32. The molecule has 3 rings (SSSR count). The van der Waals surface area contributed by atoms with E-state index < -0.39 is 0 Å². The van der Waals surface area contributed by atoms with Crippen molar-refractivity contribution in [1.82, 2.24) is 25.2 Å². The molecule has 0 aliphatic heterocycles. The van der Waals surface area contributed by atoms with E-state index >= 15 is 0 Å². The lowest BCUT2D eigenvalue weighted by Crippen LogP contribution is -2.38. The van der Waals surface area contributed by atoms with E-state index in [2.05, 4.69) is 30.2 Å². The van der Waals surface area contributed by atoms with Gasteiger partial charge in [-0.1, -0.05) is 38.2 Å². The van der Waals surface area contributed by atoms with Crippen molar-refractivity contribution in [2.45, 2.75) is 57.8 Å². The summed E-state index contributed by atoms with van der Waals surface area (Å²) in [5.41, 5.74) is 0.908. The minimum Gasteiger partial charge on any atom is -0.356 e. The van der Waals surface area contributed by atoms with Crippen LogP contribution >= 0.6 is 24.0 Å². The normalized spacial score (nSPS) is 15.5. The van der Waals surface area contributed by atoms with Gasteiger partial charge in [0.2, 0.25) is 0 Å². The van der Waals surface area contributed by atoms with Crippen LogP contribution in [0.1, 0.15) is 57.2 Å². The fourth-order valence-corrected chi connectivity index (χ4v) is 3.81. The van der Waals surface area contributed by atoms with Crippen molar-refractivity contribution in [2.75, 3.05) is 20.1 Å². The second-order valence-corrected chi connectivity index (χ2v) is 7.22. The van der Waals surface area contributed by atoms with Crippen LogP contribution in [0.5, 0.6) is 0 Å². The molecule has 1 aliphatic rings. The SMILES string of the molecule is CN=C(NCCCc1nnc2ccccn12)NCCCC1CCCCC1.I. The zero-order valence-electron chi connectivity index (χ0n) is 16.4. The summed E-state index contributed by atoms with van der Waals surface area (Å²) in [7, 11) is 1.84. The van der Waals surface area contributed by atoms with E-state index in [1.807, 2.05) is 31.4 Å². The van der Waals surface area contributed by atoms with Gasteiger partial charge in [0, 0.05) is 32.8 Å². The monoisotopic (exact) mass is 484 g/mol. The number of aromatic nitrogens is 3. The molecule has 2 aromatic rings. The van der Waals surface area contributed by atoms with E-state index in [-0.39, 0.29) is 24.0 Å². The molecule has 0 saturated heterocycles.